The zero-order chi connectivity index (χ0) is 32.8. The van der Waals surface area contributed by atoms with Crippen molar-refractivity contribution in [1.82, 2.24) is 0 Å². The molecule has 0 spiro atoms. The van der Waals surface area contributed by atoms with Gasteiger partial charge in [0.2, 0.25) is 0 Å². The van der Waals surface area contributed by atoms with E-state index >= 15 is 0 Å². The second kappa shape index (κ2) is 10.6. The van der Waals surface area contributed by atoms with E-state index in [1.165, 1.54) is 60.3 Å². The minimum atomic E-state index is 0.894. The van der Waals surface area contributed by atoms with Crippen molar-refractivity contribution >= 4 is 81.8 Å². The summed E-state index contributed by atoms with van der Waals surface area (Å²) in [6, 6.07) is 50.5. The number of para-hydroxylation sites is 1. The molecule has 234 valence electrons. The summed E-state index contributed by atoms with van der Waals surface area (Å²) in [5.41, 5.74) is 11.3. The highest BCUT2D eigenvalue weighted by Crippen LogP contribution is 2.44. The summed E-state index contributed by atoms with van der Waals surface area (Å²) in [5.74, 6) is 0. The third-order valence-electron chi connectivity index (χ3n) is 10.7. The maximum absolute atomic E-state index is 6.41. The van der Waals surface area contributed by atoms with Crippen molar-refractivity contribution in [2.45, 2.75) is 12.8 Å². The SMILES string of the molecule is C1=CCCC(c2c3ccccc3c(-c3ccc(-c4ccc5oc6cc7ccc8oc9ccccc9c8c7cc6c5c4)cc3)c3ccccc23)=C1. The Kier molecular flexibility index (Phi) is 5.82. The quantitative estimate of drug-likeness (QED) is 0.180. The van der Waals surface area contributed by atoms with Gasteiger partial charge in [-0.2, -0.15) is 0 Å². The molecular formula is C48H30O2. The standard InChI is InChI=1S/C48H30O2/c1-2-10-30(11-3-1)46-34-12-4-6-14-36(34)47(37-15-7-5-13-35(37)46)31-20-18-29(19-21-31)32-22-24-43-40(26-32)41-28-39-33(27-45(41)50-43)23-25-44-48(39)38-16-8-9-17-42(38)49-44/h1-2,4-10,12-28H,3,11H2. The summed E-state index contributed by atoms with van der Waals surface area (Å²) in [6.45, 7) is 0. The van der Waals surface area contributed by atoms with Crippen LogP contribution in [0.1, 0.15) is 18.4 Å². The van der Waals surface area contributed by atoms with Crippen molar-refractivity contribution in [2.75, 3.05) is 0 Å². The molecule has 0 N–H and O–H groups in total. The first-order chi connectivity index (χ1) is 24.8. The van der Waals surface area contributed by atoms with Gasteiger partial charge in [0.15, 0.2) is 0 Å². The van der Waals surface area contributed by atoms with Gasteiger partial charge in [-0.15, -0.1) is 0 Å². The predicted molar refractivity (Wildman–Crippen MR) is 211 cm³/mol. The molecule has 2 heteroatoms. The van der Waals surface area contributed by atoms with Crippen LogP contribution in [0.15, 0.2) is 167 Å². The summed E-state index contributed by atoms with van der Waals surface area (Å²) < 4.78 is 12.6. The van der Waals surface area contributed by atoms with Crippen LogP contribution in [0.5, 0.6) is 0 Å². The van der Waals surface area contributed by atoms with Crippen molar-refractivity contribution in [3.63, 3.8) is 0 Å². The minimum absolute atomic E-state index is 0.894. The van der Waals surface area contributed by atoms with Crippen LogP contribution in [0.3, 0.4) is 0 Å². The monoisotopic (exact) mass is 638 g/mol. The van der Waals surface area contributed by atoms with E-state index in [9.17, 15) is 0 Å². The molecule has 11 rings (SSSR count). The average molecular weight is 639 g/mol. The largest absolute Gasteiger partial charge is 0.456 e. The molecule has 10 aromatic rings. The molecule has 0 aliphatic heterocycles. The zero-order valence-electron chi connectivity index (χ0n) is 27.2. The highest BCUT2D eigenvalue weighted by molar-refractivity contribution is 6.23. The van der Waals surface area contributed by atoms with Gasteiger partial charge in [-0.05, 0) is 115 Å². The summed E-state index contributed by atoms with van der Waals surface area (Å²) >= 11 is 0. The van der Waals surface area contributed by atoms with Gasteiger partial charge in [0.25, 0.3) is 0 Å². The maximum Gasteiger partial charge on any atom is 0.136 e. The molecule has 2 nitrogen and oxygen atoms in total. The van der Waals surface area contributed by atoms with E-state index in [0.29, 0.717) is 0 Å². The van der Waals surface area contributed by atoms with Crippen molar-refractivity contribution < 1.29 is 8.83 Å². The third kappa shape index (κ3) is 4.02. The van der Waals surface area contributed by atoms with Gasteiger partial charge in [0, 0.05) is 21.5 Å². The third-order valence-corrected chi connectivity index (χ3v) is 10.7. The smallest absolute Gasteiger partial charge is 0.136 e. The molecule has 0 fully saturated rings. The maximum atomic E-state index is 6.41. The molecule has 0 amide bonds. The first-order valence-corrected chi connectivity index (χ1v) is 17.4. The van der Waals surface area contributed by atoms with E-state index in [0.717, 1.165) is 62.1 Å². The van der Waals surface area contributed by atoms with Gasteiger partial charge in [-0.1, -0.05) is 121 Å². The van der Waals surface area contributed by atoms with Crippen molar-refractivity contribution in [1.29, 1.82) is 0 Å². The number of fused-ring (bicyclic) bond motifs is 10. The summed E-state index contributed by atoms with van der Waals surface area (Å²) in [7, 11) is 0. The van der Waals surface area contributed by atoms with Crippen LogP contribution < -0.4 is 0 Å². The normalized spacial score (nSPS) is 13.5. The second-order valence-electron chi connectivity index (χ2n) is 13.5. The van der Waals surface area contributed by atoms with E-state index in [1.807, 2.05) is 12.1 Å². The lowest BCUT2D eigenvalue weighted by Gasteiger charge is -2.20. The van der Waals surface area contributed by atoms with Crippen LogP contribution in [-0.4, -0.2) is 0 Å². The van der Waals surface area contributed by atoms with Crippen LogP contribution in [0.4, 0.5) is 0 Å². The molecule has 0 radical (unpaired) electrons. The van der Waals surface area contributed by atoms with E-state index in [2.05, 4.69) is 146 Å². The van der Waals surface area contributed by atoms with Gasteiger partial charge in [0.05, 0.1) is 0 Å². The first kappa shape index (κ1) is 27.6. The Morgan fingerprint density at radius 3 is 1.74 bits per heavy atom. The fraction of sp³-hybridized carbons (Fsp3) is 0.0417. The van der Waals surface area contributed by atoms with Crippen molar-refractivity contribution in [2.24, 2.45) is 0 Å². The topological polar surface area (TPSA) is 26.3 Å². The Balaban J connectivity index is 1.06. The molecule has 0 bridgehead atoms. The van der Waals surface area contributed by atoms with Gasteiger partial charge in [0.1, 0.15) is 22.3 Å². The molecule has 50 heavy (non-hydrogen) atoms. The number of hydrogen-bond acceptors (Lipinski definition) is 2. The molecule has 0 unspecified atom stereocenters. The second-order valence-corrected chi connectivity index (χ2v) is 13.5. The Hall–Kier alpha value is -6.38. The zero-order valence-corrected chi connectivity index (χ0v) is 27.2. The fourth-order valence-corrected chi connectivity index (χ4v) is 8.42. The summed E-state index contributed by atoms with van der Waals surface area (Å²) in [5, 5.41) is 12.1. The van der Waals surface area contributed by atoms with Gasteiger partial charge >= 0.3 is 0 Å². The highest BCUT2D eigenvalue weighted by Gasteiger charge is 2.19. The average Bonchev–Trinajstić information content (AvgIpc) is 3.74. The van der Waals surface area contributed by atoms with Crippen molar-refractivity contribution in [3.8, 4) is 22.3 Å². The molecule has 2 aromatic heterocycles. The van der Waals surface area contributed by atoms with E-state index < -0.39 is 0 Å². The van der Waals surface area contributed by atoms with E-state index in [-0.39, 0.29) is 0 Å². The van der Waals surface area contributed by atoms with Crippen LogP contribution in [0.2, 0.25) is 0 Å². The van der Waals surface area contributed by atoms with E-state index in [1.54, 1.807) is 0 Å². The molecule has 0 atom stereocenters. The van der Waals surface area contributed by atoms with Crippen LogP contribution >= 0.6 is 0 Å². The molecule has 2 heterocycles. The number of furan rings is 2. The minimum Gasteiger partial charge on any atom is -0.456 e. The van der Waals surface area contributed by atoms with Gasteiger partial charge < -0.3 is 8.83 Å². The Labute approximate surface area is 288 Å². The van der Waals surface area contributed by atoms with E-state index in [4.69, 9.17) is 8.83 Å². The summed E-state index contributed by atoms with van der Waals surface area (Å²) in [4.78, 5) is 0. The van der Waals surface area contributed by atoms with Gasteiger partial charge in [-0.25, -0.2) is 0 Å². The van der Waals surface area contributed by atoms with Crippen LogP contribution in [-0.2, 0) is 0 Å². The summed E-state index contributed by atoms with van der Waals surface area (Å²) in [6.07, 6.45) is 8.92. The van der Waals surface area contributed by atoms with Gasteiger partial charge in [-0.3, -0.25) is 0 Å². The molecule has 8 aromatic carbocycles. The lowest BCUT2D eigenvalue weighted by Crippen LogP contribution is -1.95. The number of hydrogen-bond donors (Lipinski definition) is 0. The fourth-order valence-electron chi connectivity index (χ4n) is 8.42. The Bertz CT molecular complexity index is 3020. The predicted octanol–water partition coefficient (Wildman–Crippen LogP) is 14.0. The molecule has 0 saturated heterocycles. The Morgan fingerprint density at radius 1 is 0.400 bits per heavy atom. The highest BCUT2D eigenvalue weighted by atomic mass is 16.3. The Morgan fingerprint density at radius 2 is 1.00 bits per heavy atom. The van der Waals surface area contributed by atoms with Crippen LogP contribution in [0, 0.1) is 0 Å². The first-order valence-electron chi connectivity index (χ1n) is 17.4. The molecule has 0 saturated carbocycles. The molecule has 1 aliphatic rings. The number of rotatable bonds is 3. The van der Waals surface area contributed by atoms with Crippen LogP contribution in [0.25, 0.3) is 104 Å². The molecular weight excluding hydrogens is 609 g/mol. The van der Waals surface area contributed by atoms with Crippen molar-refractivity contribution in [3.05, 3.63) is 163 Å². The lowest BCUT2D eigenvalue weighted by atomic mass is 9.84. The molecule has 1 aliphatic carbocycles. The number of benzene rings is 8. The lowest BCUT2D eigenvalue weighted by molar-refractivity contribution is 0.668. The number of allylic oxidation sites excluding steroid dienone is 4.